The van der Waals surface area contributed by atoms with Crippen LogP contribution < -0.4 is 10.6 Å². The first kappa shape index (κ1) is 16.2. The average Bonchev–Trinajstić information content (AvgIpc) is 2.93. The Morgan fingerprint density at radius 1 is 1.52 bits per heavy atom. The Hall–Kier alpha value is -1.20. The van der Waals surface area contributed by atoms with Crippen molar-refractivity contribution < 1.29 is 4.74 Å². The first-order valence-electron chi connectivity index (χ1n) is 7.66. The maximum absolute atomic E-state index is 5.95. The van der Waals surface area contributed by atoms with Crippen LogP contribution in [0.15, 0.2) is 6.07 Å². The highest BCUT2D eigenvalue weighted by molar-refractivity contribution is 7.80. The van der Waals surface area contributed by atoms with Gasteiger partial charge in [-0.05, 0) is 44.2 Å². The highest BCUT2D eigenvalue weighted by Gasteiger charge is 2.23. The van der Waals surface area contributed by atoms with Crippen molar-refractivity contribution >= 4 is 23.0 Å². The number of aromatic nitrogens is 1. The van der Waals surface area contributed by atoms with Gasteiger partial charge in [0.15, 0.2) is 0 Å². The maximum atomic E-state index is 5.95. The van der Waals surface area contributed by atoms with E-state index in [0.717, 1.165) is 37.2 Å². The number of anilines is 1. The van der Waals surface area contributed by atoms with Gasteiger partial charge in [0.2, 0.25) is 0 Å². The summed E-state index contributed by atoms with van der Waals surface area (Å²) >= 11 is 5.26. The molecular formula is C16H25N3OS. The summed E-state index contributed by atoms with van der Waals surface area (Å²) in [5.41, 5.74) is 9.36. The number of nitrogens with zero attached hydrogens (tertiary/aromatic N) is 2. The summed E-state index contributed by atoms with van der Waals surface area (Å²) in [4.78, 5) is 7.60. The monoisotopic (exact) mass is 307 g/mol. The van der Waals surface area contributed by atoms with Gasteiger partial charge in [-0.3, -0.25) is 0 Å². The largest absolute Gasteiger partial charge is 0.389 e. The average molecular weight is 307 g/mol. The van der Waals surface area contributed by atoms with Crippen LogP contribution >= 0.6 is 12.2 Å². The SMILES string of the molecule is CCC(C)N(CCOC)c1nc2c(cc1C(N)=S)CCC2. The molecule has 0 amide bonds. The first-order chi connectivity index (χ1) is 10.1. The van der Waals surface area contributed by atoms with Crippen molar-refractivity contribution in [3.63, 3.8) is 0 Å². The van der Waals surface area contributed by atoms with Crippen LogP contribution in [0.25, 0.3) is 0 Å². The second kappa shape index (κ2) is 7.18. The van der Waals surface area contributed by atoms with Crippen LogP contribution in [0.1, 0.15) is 43.5 Å². The lowest BCUT2D eigenvalue weighted by Gasteiger charge is -2.31. The summed E-state index contributed by atoms with van der Waals surface area (Å²) in [7, 11) is 1.72. The third kappa shape index (κ3) is 3.52. The fourth-order valence-electron chi connectivity index (χ4n) is 2.81. The molecule has 1 atom stereocenters. The molecule has 0 saturated carbocycles. The Morgan fingerprint density at radius 2 is 2.29 bits per heavy atom. The highest BCUT2D eigenvalue weighted by Crippen LogP contribution is 2.28. The predicted molar refractivity (Wildman–Crippen MR) is 91.1 cm³/mol. The van der Waals surface area contributed by atoms with E-state index in [4.69, 9.17) is 27.7 Å². The normalized spacial score (nSPS) is 14.8. The number of rotatable bonds is 7. The zero-order valence-corrected chi connectivity index (χ0v) is 14.0. The van der Waals surface area contributed by atoms with E-state index in [9.17, 15) is 0 Å². The summed E-state index contributed by atoms with van der Waals surface area (Å²) in [5.74, 6) is 0.926. The summed E-state index contributed by atoms with van der Waals surface area (Å²) in [5, 5.41) is 0. The predicted octanol–water partition coefficient (Wildman–Crippen LogP) is 2.46. The molecule has 1 aliphatic rings. The lowest BCUT2D eigenvalue weighted by atomic mass is 10.1. The molecular weight excluding hydrogens is 282 g/mol. The number of methoxy groups -OCH3 is 1. The van der Waals surface area contributed by atoms with Gasteiger partial charge in [-0.2, -0.15) is 0 Å². The lowest BCUT2D eigenvalue weighted by molar-refractivity contribution is 0.203. The zero-order chi connectivity index (χ0) is 15.4. The molecule has 116 valence electrons. The Morgan fingerprint density at radius 3 is 2.90 bits per heavy atom. The minimum atomic E-state index is 0.375. The number of ether oxygens (including phenoxy) is 1. The fourth-order valence-corrected chi connectivity index (χ4v) is 2.96. The van der Waals surface area contributed by atoms with E-state index in [0.29, 0.717) is 17.6 Å². The van der Waals surface area contributed by atoms with Gasteiger partial charge in [0.25, 0.3) is 0 Å². The standard InChI is InChI=1S/C16H25N3OS/c1-4-11(2)19(8-9-20-3)16-13(15(17)21)10-12-6-5-7-14(12)18-16/h10-11H,4-9H2,1-3H3,(H2,17,21). The van der Waals surface area contributed by atoms with Crippen LogP contribution in [0.3, 0.4) is 0 Å². The van der Waals surface area contributed by atoms with E-state index >= 15 is 0 Å². The Labute approximate surface area is 132 Å². The molecule has 1 unspecified atom stereocenters. The molecule has 0 bridgehead atoms. The maximum Gasteiger partial charge on any atom is 0.139 e. The van der Waals surface area contributed by atoms with Gasteiger partial charge in [0.05, 0.1) is 12.2 Å². The van der Waals surface area contributed by atoms with Gasteiger partial charge in [-0.25, -0.2) is 4.98 Å². The molecule has 1 aliphatic carbocycles. The number of aryl methyl sites for hydroxylation is 2. The molecule has 21 heavy (non-hydrogen) atoms. The zero-order valence-electron chi connectivity index (χ0n) is 13.2. The molecule has 0 spiro atoms. The van der Waals surface area contributed by atoms with Crippen LogP contribution in [0.2, 0.25) is 0 Å². The minimum absolute atomic E-state index is 0.375. The molecule has 4 nitrogen and oxygen atoms in total. The van der Waals surface area contributed by atoms with Gasteiger partial charge < -0.3 is 15.4 Å². The van der Waals surface area contributed by atoms with E-state index < -0.39 is 0 Å². The second-order valence-corrected chi connectivity index (χ2v) is 6.07. The van der Waals surface area contributed by atoms with Crippen molar-refractivity contribution in [1.82, 2.24) is 4.98 Å². The summed E-state index contributed by atoms with van der Waals surface area (Å²) < 4.78 is 5.25. The summed E-state index contributed by atoms with van der Waals surface area (Å²) in [6.07, 6.45) is 4.35. The molecule has 1 heterocycles. The van der Waals surface area contributed by atoms with E-state index in [1.807, 2.05) is 0 Å². The number of pyridine rings is 1. The molecule has 1 aromatic heterocycles. The number of thiocarbonyl (C=S) groups is 1. The highest BCUT2D eigenvalue weighted by atomic mass is 32.1. The summed E-state index contributed by atoms with van der Waals surface area (Å²) in [6.45, 7) is 5.85. The number of hydrogen-bond acceptors (Lipinski definition) is 4. The van der Waals surface area contributed by atoms with E-state index in [-0.39, 0.29) is 0 Å². The van der Waals surface area contributed by atoms with Gasteiger partial charge in [0.1, 0.15) is 10.8 Å². The van der Waals surface area contributed by atoms with Crippen LogP contribution in [0.5, 0.6) is 0 Å². The van der Waals surface area contributed by atoms with Gasteiger partial charge in [-0.15, -0.1) is 0 Å². The van der Waals surface area contributed by atoms with Crippen molar-refractivity contribution in [2.24, 2.45) is 5.73 Å². The Balaban J connectivity index is 2.44. The first-order valence-corrected chi connectivity index (χ1v) is 8.07. The third-order valence-corrected chi connectivity index (χ3v) is 4.45. The van der Waals surface area contributed by atoms with Gasteiger partial charge >= 0.3 is 0 Å². The minimum Gasteiger partial charge on any atom is -0.389 e. The molecule has 0 aromatic carbocycles. The van der Waals surface area contributed by atoms with Crippen LogP contribution in [-0.4, -0.2) is 36.3 Å². The number of hydrogen-bond donors (Lipinski definition) is 1. The van der Waals surface area contributed by atoms with E-state index in [1.54, 1.807) is 7.11 Å². The van der Waals surface area contributed by atoms with Crippen molar-refractivity contribution in [3.05, 3.63) is 22.9 Å². The van der Waals surface area contributed by atoms with Gasteiger partial charge in [-0.1, -0.05) is 19.1 Å². The van der Waals surface area contributed by atoms with Gasteiger partial charge in [0, 0.05) is 25.4 Å². The fraction of sp³-hybridized carbons (Fsp3) is 0.625. The van der Waals surface area contributed by atoms with Crippen molar-refractivity contribution in [2.75, 3.05) is 25.2 Å². The topological polar surface area (TPSA) is 51.4 Å². The molecule has 1 aromatic rings. The molecule has 5 heteroatoms. The van der Waals surface area contributed by atoms with Crippen LogP contribution in [0.4, 0.5) is 5.82 Å². The molecule has 0 saturated heterocycles. The molecule has 0 radical (unpaired) electrons. The number of nitrogens with two attached hydrogens (primary N) is 1. The molecule has 2 N–H and O–H groups in total. The van der Waals surface area contributed by atoms with Crippen molar-refractivity contribution in [1.29, 1.82) is 0 Å². The quantitative estimate of drug-likeness (QED) is 0.784. The smallest absolute Gasteiger partial charge is 0.139 e. The molecule has 0 fully saturated rings. The Bertz CT molecular complexity index is 518. The lowest BCUT2D eigenvalue weighted by Crippen LogP contribution is -2.37. The number of fused-ring (bicyclic) bond motifs is 1. The van der Waals surface area contributed by atoms with E-state index in [2.05, 4.69) is 24.8 Å². The van der Waals surface area contributed by atoms with Crippen molar-refractivity contribution in [2.45, 2.75) is 45.6 Å². The van der Waals surface area contributed by atoms with E-state index in [1.165, 1.54) is 17.7 Å². The van der Waals surface area contributed by atoms with Crippen LogP contribution in [0, 0.1) is 0 Å². The third-order valence-electron chi connectivity index (χ3n) is 4.23. The van der Waals surface area contributed by atoms with Crippen LogP contribution in [-0.2, 0) is 17.6 Å². The Kier molecular flexibility index (Phi) is 5.53. The molecule has 0 aliphatic heterocycles. The molecule has 2 rings (SSSR count). The summed E-state index contributed by atoms with van der Waals surface area (Å²) in [6, 6.07) is 2.52. The van der Waals surface area contributed by atoms with Crippen molar-refractivity contribution in [3.8, 4) is 0 Å². The second-order valence-electron chi connectivity index (χ2n) is 5.63.